The first-order chi connectivity index (χ1) is 11.1. The highest BCUT2D eigenvalue weighted by Gasteiger charge is 2.09. The van der Waals surface area contributed by atoms with Crippen LogP contribution in [0.2, 0.25) is 0 Å². The summed E-state index contributed by atoms with van der Waals surface area (Å²) in [6.45, 7) is 0.741. The molecule has 0 saturated heterocycles. The lowest BCUT2D eigenvalue weighted by atomic mass is 10.3. The lowest BCUT2D eigenvalue weighted by molar-refractivity contribution is -0.126. The van der Waals surface area contributed by atoms with Gasteiger partial charge in [-0.05, 0) is 12.1 Å². The van der Waals surface area contributed by atoms with Gasteiger partial charge in [0.15, 0.2) is 5.69 Å². The van der Waals surface area contributed by atoms with Crippen molar-refractivity contribution in [3.05, 3.63) is 46.4 Å². The van der Waals surface area contributed by atoms with Crippen molar-refractivity contribution < 1.29 is 24.2 Å². The summed E-state index contributed by atoms with van der Waals surface area (Å²) in [5, 5.41) is 13.3. The molecule has 0 aliphatic heterocycles. The highest BCUT2D eigenvalue weighted by Crippen LogP contribution is 2.09. The van der Waals surface area contributed by atoms with E-state index in [4.69, 9.17) is 14.6 Å². The van der Waals surface area contributed by atoms with Crippen molar-refractivity contribution in [3.63, 3.8) is 0 Å². The molecule has 7 nitrogen and oxygen atoms in total. The predicted molar refractivity (Wildman–Crippen MR) is 83.7 cm³/mol. The number of nitrogens with one attached hydrogen (secondary N) is 1. The summed E-state index contributed by atoms with van der Waals surface area (Å²) in [5.41, 5.74) is -0.0199. The average molecular weight is 336 g/mol. The molecule has 0 bridgehead atoms. The van der Waals surface area contributed by atoms with E-state index < -0.39 is 5.97 Å². The van der Waals surface area contributed by atoms with Gasteiger partial charge >= 0.3 is 5.97 Å². The van der Waals surface area contributed by atoms with E-state index in [1.165, 1.54) is 16.7 Å². The zero-order valence-electron chi connectivity index (χ0n) is 12.2. The van der Waals surface area contributed by atoms with Gasteiger partial charge in [0.2, 0.25) is 5.91 Å². The van der Waals surface area contributed by atoms with Crippen LogP contribution in [0, 0.1) is 0 Å². The first kappa shape index (κ1) is 16.9. The van der Waals surface area contributed by atoms with Crippen LogP contribution in [0.5, 0.6) is 5.75 Å². The molecule has 1 aromatic carbocycles. The number of amides is 1. The number of carbonyl (C=O) groups excluding carboxylic acids is 1. The zero-order valence-corrected chi connectivity index (χ0v) is 13.0. The Bertz CT molecular complexity index is 644. The van der Waals surface area contributed by atoms with Gasteiger partial charge < -0.3 is 19.9 Å². The first-order valence-corrected chi connectivity index (χ1v) is 7.73. The van der Waals surface area contributed by atoms with Gasteiger partial charge in [0.1, 0.15) is 24.0 Å². The van der Waals surface area contributed by atoms with Crippen molar-refractivity contribution in [2.45, 2.75) is 6.54 Å². The van der Waals surface area contributed by atoms with Crippen molar-refractivity contribution >= 4 is 23.2 Å². The van der Waals surface area contributed by atoms with Gasteiger partial charge in [0.25, 0.3) is 0 Å². The molecule has 0 fully saturated rings. The van der Waals surface area contributed by atoms with Crippen molar-refractivity contribution in [1.82, 2.24) is 10.3 Å². The van der Waals surface area contributed by atoms with E-state index >= 15 is 0 Å². The fourth-order valence-corrected chi connectivity index (χ4v) is 2.32. The highest BCUT2D eigenvalue weighted by atomic mass is 32.1. The summed E-state index contributed by atoms with van der Waals surface area (Å²) in [5.74, 6) is -0.629. The fourth-order valence-electron chi connectivity index (χ4n) is 1.62. The predicted octanol–water partition coefficient (Wildman–Crippen LogP) is 1.55. The molecule has 0 aliphatic carbocycles. The SMILES string of the molecule is O=C(COCCOc1ccccc1)NCc1nc(C(=O)O)cs1. The number of rotatable bonds is 9. The van der Waals surface area contributed by atoms with E-state index in [2.05, 4.69) is 10.3 Å². The van der Waals surface area contributed by atoms with Gasteiger partial charge in [-0.25, -0.2) is 9.78 Å². The molecule has 0 unspecified atom stereocenters. The van der Waals surface area contributed by atoms with Gasteiger partial charge in [0.05, 0.1) is 13.2 Å². The maximum atomic E-state index is 11.6. The Morgan fingerprint density at radius 3 is 2.70 bits per heavy atom. The summed E-state index contributed by atoms with van der Waals surface area (Å²) in [4.78, 5) is 26.1. The van der Waals surface area contributed by atoms with Crippen molar-refractivity contribution in [2.24, 2.45) is 0 Å². The molecule has 0 spiro atoms. The maximum Gasteiger partial charge on any atom is 0.355 e. The summed E-state index contributed by atoms with van der Waals surface area (Å²) in [6, 6.07) is 9.32. The average Bonchev–Trinajstić information content (AvgIpc) is 3.03. The molecule has 0 radical (unpaired) electrons. The second-order valence-electron chi connectivity index (χ2n) is 4.42. The quantitative estimate of drug-likeness (QED) is 0.674. The largest absolute Gasteiger partial charge is 0.491 e. The number of ether oxygens (including phenoxy) is 2. The number of benzene rings is 1. The smallest absolute Gasteiger partial charge is 0.355 e. The Hall–Kier alpha value is -2.45. The molecule has 0 saturated carbocycles. The Balaban J connectivity index is 1.57. The normalized spacial score (nSPS) is 10.3. The molecule has 2 rings (SSSR count). The van der Waals surface area contributed by atoms with Gasteiger partial charge in [0, 0.05) is 5.38 Å². The summed E-state index contributed by atoms with van der Waals surface area (Å²) in [6.07, 6.45) is 0. The summed E-state index contributed by atoms with van der Waals surface area (Å²) >= 11 is 1.18. The number of carbonyl (C=O) groups is 2. The van der Waals surface area contributed by atoms with Gasteiger partial charge in [-0.15, -0.1) is 11.3 Å². The van der Waals surface area contributed by atoms with E-state index in [1.54, 1.807) is 0 Å². The van der Waals surface area contributed by atoms with E-state index in [9.17, 15) is 9.59 Å². The first-order valence-electron chi connectivity index (χ1n) is 6.85. The highest BCUT2D eigenvalue weighted by molar-refractivity contribution is 7.09. The summed E-state index contributed by atoms with van der Waals surface area (Å²) < 4.78 is 10.6. The van der Waals surface area contributed by atoms with Crippen LogP contribution in [0.25, 0.3) is 0 Å². The third-order valence-corrected chi connectivity index (χ3v) is 3.53. The van der Waals surface area contributed by atoms with Crippen LogP contribution in [0.3, 0.4) is 0 Å². The standard InChI is InChI=1S/C15H16N2O5S/c18-13(16-8-14-17-12(10-23-14)15(19)20)9-21-6-7-22-11-4-2-1-3-5-11/h1-5,10H,6-9H2,(H,16,18)(H,19,20). The number of hydrogen-bond donors (Lipinski definition) is 2. The minimum Gasteiger partial charge on any atom is -0.491 e. The maximum absolute atomic E-state index is 11.6. The second-order valence-corrected chi connectivity index (χ2v) is 5.37. The molecule has 8 heteroatoms. The Morgan fingerprint density at radius 1 is 1.22 bits per heavy atom. The number of nitrogens with zero attached hydrogens (tertiary/aromatic N) is 1. The van der Waals surface area contributed by atoms with Crippen LogP contribution in [0.1, 0.15) is 15.5 Å². The number of aromatic carboxylic acids is 1. The Morgan fingerprint density at radius 2 is 2.00 bits per heavy atom. The summed E-state index contributed by atoms with van der Waals surface area (Å²) in [7, 11) is 0. The number of thiazole rings is 1. The lowest BCUT2D eigenvalue weighted by Crippen LogP contribution is -2.27. The third-order valence-electron chi connectivity index (χ3n) is 2.68. The van der Waals surface area contributed by atoms with Crippen LogP contribution >= 0.6 is 11.3 Å². The lowest BCUT2D eigenvalue weighted by Gasteiger charge is -2.07. The fraction of sp³-hybridized carbons (Fsp3) is 0.267. The van der Waals surface area contributed by atoms with E-state index in [0.29, 0.717) is 18.2 Å². The monoisotopic (exact) mass is 336 g/mol. The molecule has 0 atom stereocenters. The molecule has 2 aromatic rings. The molecule has 2 N–H and O–H groups in total. The molecule has 23 heavy (non-hydrogen) atoms. The number of carboxylic acids is 1. The van der Waals surface area contributed by atoms with Crippen LogP contribution in [0.4, 0.5) is 0 Å². The van der Waals surface area contributed by atoms with Crippen LogP contribution in [-0.4, -0.2) is 41.8 Å². The van der Waals surface area contributed by atoms with E-state index in [1.807, 2.05) is 30.3 Å². The molecule has 1 aromatic heterocycles. The molecule has 0 aliphatic rings. The third kappa shape index (κ3) is 6.05. The van der Waals surface area contributed by atoms with Gasteiger partial charge in [-0.3, -0.25) is 4.79 Å². The van der Waals surface area contributed by atoms with E-state index in [0.717, 1.165) is 5.75 Å². The molecule has 1 heterocycles. The van der Waals surface area contributed by atoms with Crippen LogP contribution in [0.15, 0.2) is 35.7 Å². The Kier molecular flexibility index (Phi) is 6.52. The van der Waals surface area contributed by atoms with Gasteiger partial charge in [-0.1, -0.05) is 18.2 Å². The number of hydrogen-bond acceptors (Lipinski definition) is 6. The Labute approximate surface area is 136 Å². The van der Waals surface area contributed by atoms with Crippen molar-refractivity contribution in [3.8, 4) is 5.75 Å². The minimum atomic E-state index is -1.08. The van der Waals surface area contributed by atoms with Gasteiger partial charge in [-0.2, -0.15) is 0 Å². The zero-order chi connectivity index (χ0) is 16.5. The topological polar surface area (TPSA) is 97.8 Å². The van der Waals surface area contributed by atoms with Crippen LogP contribution in [-0.2, 0) is 16.1 Å². The number of aromatic nitrogens is 1. The number of para-hydroxylation sites is 1. The van der Waals surface area contributed by atoms with Crippen molar-refractivity contribution in [1.29, 1.82) is 0 Å². The molecule has 1 amide bonds. The molecule has 122 valence electrons. The van der Waals surface area contributed by atoms with Crippen molar-refractivity contribution in [2.75, 3.05) is 19.8 Å². The minimum absolute atomic E-state index is 0.0199. The molecular weight excluding hydrogens is 320 g/mol. The van der Waals surface area contributed by atoms with Crippen LogP contribution < -0.4 is 10.1 Å². The number of carboxylic acid groups (broad SMARTS) is 1. The van der Waals surface area contributed by atoms with E-state index in [-0.39, 0.29) is 24.8 Å². The molecular formula is C15H16N2O5S. The second kappa shape index (κ2) is 8.86.